The fourth-order valence-corrected chi connectivity index (χ4v) is 2.16. The normalized spacial score (nSPS) is 10.3. The summed E-state index contributed by atoms with van der Waals surface area (Å²) in [7, 11) is 1.69. The number of aryl methyl sites for hydroxylation is 1. The predicted molar refractivity (Wildman–Crippen MR) is 76.8 cm³/mol. The molecule has 0 aliphatic heterocycles. The molecule has 0 unspecified atom stereocenters. The average Bonchev–Trinajstić information content (AvgIpc) is 2.70. The second-order valence-electron chi connectivity index (χ2n) is 4.11. The molecule has 2 rings (SSSR count). The van der Waals surface area contributed by atoms with Crippen molar-refractivity contribution < 1.29 is 14.7 Å². The molecule has 1 aromatic carbocycles. The van der Waals surface area contributed by atoms with Crippen molar-refractivity contribution in [2.24, 2.45) is 7.05 Å². The van der Waals surface area contributed by atoms with E-state index < -0.39 is 11.9 Å². The van der Waals surface area contributed by atoms with Crippen molar-refractivity contribution in [3.05, 3.63) is 51.8 Å². The van der Waals surface area contributed by atoms with E-state index in [1.54, 1.807) is 17.8 Å². The highest BCUT2D eigenvalue weighted by Crippen LogP contribution is 2.21. The predicted octanol–water partition coefficient (Wildman–Crippen LogP) is 3.28. The first-order valence-corrected chi connectivity index (χ1v) is 6.30. The molecule has 20 heavy (non-hydrogen) atoms. The fraction of sp³-hybridized carbons (Fsp3) is 0.0769. The van der Waals surface area contributed by atoms with Crippen LogP contribution < -0.4 is 5.32 Å². The number of carboxylic acids is 1. The Balaban J connectivity index is 2.26. The Labute approximate surface area is 124 Å². The van der Waals surface area contributed by atoms with Gasteiger partial charge in [-0.15, -0.1) is 0 Å². The standard InChI is InChI=1S/C13H10Cl2N2O3/c1-17-6-7(14)4-11(17)12(18)16-8-2-3-10(15)9(5-8)13(19)20/h2-6H,1H3,(H,16,18)(H,19,20). The third-order valence-corrected chi connectivity index (χ3v) is 3.20. The van der Waals surface area contributed by atoms with Gasteiger partial charge in [-0.05, 0) is 24.3 Å². The lowest BCUT2D eigenvalue weighted by Gasteiger charge is -2.07. The first kappa shape index (κ1) is 14.4. The smallest absolute Gasteiger partial charge is 0.337 e. The van der Waals surface area contributed by atoms with Crippen LogP contribution in [0.15, 0.2) is 30.5 Å². The number of hydrogen-bond acceptors (Lipinski definition) is 2. The molecule has 0 aliphatic rings. The number of rotatable bonds is 3. The van der Waals surface area contributed by atoms with Gasteiger partial charge in [-0.2, -0.15) is 0 Å². The molecule has 5 nitrogen and oxygen atoms in total. The monoisotopic (exact) mass is 312 g/mol. The number of nitrogens with zero attached hydrogens (tertiary/aromatic N) is 1. The number of amides is 1. The lowest BCUT2D eigenvalue weighted by Crippen LogP contribution is -2.15. The van der Waals surface area contributed by atoms with E-state index in [4.69, 9.17) is 28.3 Å². The van der Waals surface area contributed by atoms with E-state index in [2.05, 4.69) is 5.32 Å². The first-order chi connectivity index (χ1) is 9.38. The lowest BCUT2D eigenvalue weighted by molar-refractivity contribution is 0.0696. The summed E-state index contributed by atoms with van der Waals surface area (Å²) < 4.78 is 1.58. The number of aromatic carboxylic acids is 1. The largest absolute Gasteiger partial charge is 0.478 e. The third-order valence-electron chi connectivity index (χ3n) is 2.66. The molecular formula is C13H10Cl2N2O3. The van der Waals surface area contributed by atoms with E-state index in [9.17, 15) is 9.59 Å². The SMILES string of the molecule is Cn1cc(Cl)cc1C(=O)Nc1ccc(Cl)c(C(=O)O)c1. The van der Waals surface area contributed by atoms with Gasteiger partial charge in [0.2, 0.25) is 0 Å². The van der Waals surface area contributed by atoms with Crippen LogP contribution in [0.25, 0.3) is 0 Å². The number of carbonyl (C=O) groups excluding carboxylic acids is 1. The van der Waals surface area contributed by atoms with Crippen molar-refractivity contribution in [1.82, 2.24) is 4.57 Å². The van der Waals surface area contributed by atoms with Crippen LogP contribution in [0.4, 0.5) is 5.69 Å². The summed E-state index contributed by atoms with van der Waals surface area (Å²) in [5, 5.41) is 12.1. The van der Waals surface area contributed by atoms with Crippen LogP contribution in [0.5, 0.6) is 0 Å². The number of carbonyl (C=O) groups is 2. The zero-order valence-corrected chi connectivity index (χ0v) is 11.9. The molecule has 0 saturated heterocycles. The minimum Gasteiger partial charge on any atom is -0.478 e. The van der Waals surface area contributed by atoms with Gasteiger partial charge in [0.15, 0.2) is 0 Å². The number of carboxylic acid groups (broad SMARTS) is 1. The molecule has 1 aromatic heterocycles. The molecule has 2 N–H and O–H groups in total. The molecule has 0 bridgehead atoms. The zero-order valence-electron chi connectivity index (χ0n) is 10.4. The van der Waals surface area contributed by atoms with Crippen molar-refractivity contribution in [2.75, 3.05) is 5.32 Å². The number of nitrogens with one attached hydrogen (secondary N) is 1. The quantitative estimate of drug-likeness (QED) is 0.913. The van der Waals surface area contributed by atoms with E-state index in [0.717, 1.165) is 0 Å². The second kappa shape index (κ2) is 5.56. The molecule has 1 heterocycles. The van der Waals surface area contributed by atoms with Crippen LogP contribution in [0.2, 0.25) is 10.0 Å². The molecule has 7 heteroatoms. The highest BCUT2D eigenvalue weighted by Gasteiger charge is 2.14. The van der Waals surface area contributed by atoms with Gasteiger partial charge in [0.1, 0.15) is 5.69 Å². The second-order valence-corrected chi connectivity index (χ2v) is 4.95. The Morgan fingerprint density at radius 3 is 2.50 bits per heavy atom. The highest BCUT2D eigenvalue weighted by molar-refractivity contribution is 6.33. The molecular weight excluding hydrogens is 303 g/mol. The highest BCUT2D eigenvalue weighted by atomic mass is 35.5. The third kappa shape index (κ3) is 2.95. The minimum atomic E-state index is -1.16. The number of aromatic nitrogens is 1. The molecule has 0 spiro atoms. The van der Waals surface area contributed by atoms with Gasteiger partial charge < -0.3 is 15.0 Å². The van der Waals surface area contributed by atoms with E-state index in [1.807, 2.05) is 0 Å². The van der Waals surface area contributed by atoms with Gasteiger partial charge in [0.25, 0.3) is 5.91 Å². The molecule has 104 valence electrons. The summed E-state index contributed by atoms with van der Waals surface area (Å²) in [5.41, 5.74) is 0.630. The molecule has 2 aromatic rings. The molecule has 0 radical (unpaired) electrons. The molecule has 1 amide bonds. The van der Waals surface area contributed by atoms with Crippen molar-refractivity contribution in [2.45, 2.75) is 0 Å². The summed E-state index contributed by atoms with van der Waals surface area (Å²) in [6.45, 7) is 0. The van der Waals surface area contributed by atoms with Gasteiger partial charge >= 0.3 is 5.97 Å². The van der Waals surface area contributed by atoms with Crippen molar-refractivity contribution in [3.8, 4) is 0 Å². The number of benzene rings is 1. The Morgan fingerprint density at radius 2 is 1.95 bits per heavy atom. The van der Waals surface area contributed by atoms with Crippen molar-refractivity contribution >= 4 is 40.8 Å². The summed E-state index contributed by atoms with van der Waals surface area (Å²) >= 11 is 11.6. The van der Waals surface area contributed by atoms with Crippen LogP contribution in [0, 0.1) is 0 Å². The Kier molecular flexibility index (Phi) is 4.01. The van der Waals surface area contributed by atoms with Crippen LogP contribution in [0.1, 0.15) is 20.8 Å². The number of anilines is 1. The van der Waals surface area contributed by atoms with Crippen molar-refractivity contribution in [1.29, 1.82) is 0 Å². The summed E-state index contributed by atoms with van der Waals surface area (Å²) in [4.78, 5) is 23.0. The summed E-state index contributed by atoms with van der Waals surface area (Å²) in [5.74, 6) is -1.55. The Bertz CT molecular complexity index is 695. The van der Waals surface area contributed by atoms with E-state index in [1.165, 1.54) is 24.3 Å². The fourth-order valence-electron chi connectivity index (χ4n) is 1.71. The maximum Gasteiger partial charge on any atom is 0.337 e. The van der Waals surface area contributed by atoms with Crippen LogP contribution in [-0.4, -0.2) is 21.6 Å². The van der Waals surface area contributed by atoms with E-state index in [0.29, 0.717) is 16.4 Å². The molecule has 0 aliphatic carbocycles. The maximum atomic E-state index is 12.0. The molecule has 0 fully saturated rings. The van der Waals surface area contributed by atoms with E-state index in [-0.39, 0.29) is 10.6 Å². The average molecular weight is 313 g/mol. The van der Waals surface area contributed by atoms with Crippen LogP contribution >= 0.6 is 23.2 Å². The first-order valence-electron chi connectivity index (χ1n) is 5.54. The number of halogens is 2. The number of hydrogen-bond donors (Lipinski definition) is 2. The van der Waals surface area contributed by atoms with Gasteiger partial charge in [-0.1, -0.05) is 23.2 Å². The molecule has 0 atom stereocenters. The van der Waals surface area contributed by atoms with Crippen molar-refractivity contribution in [3.63, 3.8) is 0 Å². The lowest BCUT2D eigenvalue weighted by atomic mass is 10.2. The van der Waals surface area contributed by atoms with Gasteiger partial charge in [-0.25, -0.2) is 4.79 Å². The van der Waals surface area contributed by atoms with Crippen LogP contribution in [-0.2, 0) is 7.05 Å². The zero-order chi connectivity index (χ0) is 14.9. The Morgan fingerprint density at radius 1 is 1.25 bits per heavy atom. The van der Waals surface area contributed by atoms with Crippen LogP contribution in [0.3, 0.4) is 0 Å². The van der Waals surface area contributed by atoms with Gasteiger partial charge in [0.05, 0.1) is 15.6 Å². The topological polar surface area (TPSA) is 71.3 Å². The summed E-state index contributed by atoms with van der Waals surface area (Å²) in [6.07, 6.45) is 1.60. The maximum absolute atomic E-state index is 12.0. The minimum absolute atomic E-state index is 0.0746. The van der Waals surface area contributed by atoms with E-state index >= 15 is 0 Å². The molecule has 0 saturated carbocycles. The van der Waals surface area contributed by atoms with Gasteiger partial charge in [0, 0.05) is 18.9 Å². The Hall–Kier alpha value is -1.98. The summed E-state index contributed by atoms with van der Waals surface area (Å²) in [6, 6.07) is 5.76. The van der Waals surface area contributed by atoms with Gasteiger partial charge in [-0.3, -0.25) is 4.79 Å².